The zero-order chi connectivity index (χ0) is 15.7. The molecule has 0 aliphatic rings. The molecule has 0 spiro atoms. The minimum Gasteiger partial charge on any atom is -0.459 e. The maximum Gasteiger partial charge on any atom is 0.331 e. The third-order valence-corrected chi connectivity index (χ3v) is 3.85. The van der Waals surface area contributed by atoms with Crippen LogP contribution >= 0.6 is 0 Å². The summed E-state index contributed by atoms with van der Waals surface area (Å²) in [6, 6.07) is 0. The molecule has 0 fully saturated rings. The molecule has 0 heterocycles. The van der Waals surface area contributed by atoms with E-state index < -0.39 is 11.9 Å². The highest BCUT2D eigenvalue weighted by Gasteiger charge is 2.15. The van der Waals surface area contributed by atoms with Crippen LogP contribution in [0, 0.1) is 11.8 Å². The lowest BCUT2D eigenvalue weighted by molar-refractivity contribution is -0.147. The van der Waals surface area contributed by atoms with Crippen LogP contribution in [0.2, 0.25) is 0 Å². The van der Waals surface area contributed by atoms with Gasteiger partial charge in [-0.2, -0.15) is 0 Å². The van der Waals surface area contributed by atoms with Gasteiger partial charge in [0.05, 0.1) is 0 Å². The Hall–Kier alpha value is -1.32. The average Bonchev–Trinajstić information content (AvgIpc) is 2.42. The highest BCUT2D eigenvalue weighted by atomic mass is 16.5. The topological polar surface area (TPSA) is 52.6 Å². The van der Waals surface area contributed by atoms with E-state index in [1.165, 1.54) is 0 Å². The summed E-state index contributed by atoms with van der Waals surface area (Å²) in [7, 11) is 0. The van der Waals surface area contributed by atoms with Crippen molar-refractivity contribution in [1.82, 2.24) is 0 Å². The molecular weight excluding hydrogens is 256 g/mol. The van der Waals surface area contributed by atoms with Crippen molar-refractivity contribution in [2.75, 3.05) is 0 Å². The molecule has 4 atom stereocenters. The predicted octanol–water partition coefficient (Wildman–Crippen LogP) is 3.50. The van der Waals surface area contributed by atoms with E-state index in [4.69, 9.17) is 9.47 Å². The summed E-state index contributed by atoms with van der Waals surface area (Å²) in [5, 5.41) is 0. The monoisotopic (exact) mass is 284 g/mol. The Morgan fingerprint density at radius 1 is 0.800 bits per heavy atom. The number of rotatable bonds is 8. The highest BCUT2D eigenvalue weighted by molar-refractivity contribution is 5.91. The molecule has 116 valence electrons. The average molecular weight is 284 g/mol. The summed E-state index contributed by atoms with van der Waals surface area (Å²) >= 11 is 0. The van der Waals surface area contributed by atoms with Crippen molar-refractivity contribution in [2.24, 2.45) is 11.8 Å². The molecule has 4 unspecified atom stereocenters. The van der Waals surface area contributed by atoms with Gasteiger partial charge in [0.15, 0.2) is 0 Å². The van der Waals surface area contributed by atoms with E-state index in [1.807, 2.05) is 41.5 Å². The molecule has 0 saturated heterocycles. The van der Waals surface area contributed by atoms with Crippen molar-refractivity contribution >= 4 is 11.9 Å². The van der Waals surface area contributed by atoms with Gasteiger partial charge in [-0.3, -0.25) is 0 Å². The third kappa shape index (κ3) is 7.31. The zero-order valence-corrected chi connectivity index (χ0v) is 13.5. The second-order valence-electron chi connectivity index (χ2n) is 5.39. The van der Waals surface area contributed by atoms with Crippen molar-refractivity contribution in [3.63, 3.8) is 0 Å². The summed E-state index contributed by atoms with van der Waals surface area (Å²) in [6.45, 7) is 11.8. The maximum atomic E-state index is 11.5. The first kappa shape index (κ1) is 18.7. The number of hydrogen-bond acceptors (Lipinski definition) is 4. The van der Waals surface area contributed by atoms with Gasteiger partial charge in [-0.15, -0.1) is 0 Å². The number of hydrogen-bond donors (Lipinski definition) is 0. The van der Waals surface area contributed by atoms with Crippen LogP contribution in [0.1, 0.15) is 54.4 Å². The molecular formula is C16H28O4. The summed E-state index contributed by atoms with van der Waals surface area (Å²) in [5.74, 6) is -0.425. The van der Waals surface area contributed by atoms with Gasteiger partial charge in [0.2, 0.25) is 0 Å². The van der Waals surface area contributed by atoms with Crippen LogP contribution in [0.5, 0.6) is 0 Å². The molecule has 0 N–H and O–H groups in total. The number of esters is 2. The number of carbonyl (C=O) groups is 2. The van der Waals surface area contributed by atoms with E-state index in [-0.39, 0.29) is 12.2 Å². The summed E-state index contributed by atoms with van der Waals surface area (Å²) in [6.07, 6.45) is 3.81. The predicted molar refractivity (Wildman–Crippen MR) is 79.2 cm³/mol. The Labute approximate surface area is 122 Å². The first-order valence-electron chi connectivity index (χ1n) is 7.41. The van der Waals surface area contributed by atoms with Gasteiger partial charge < -0.3 is 9.47 Å². The fourth-order valence-electron chi connectivity index (χ4n) is 1.48. The van der Waals surface area contributed by atoms with Crippen LogP contribution in [-0.4, -0.2) is 24.1 Å². The minimum atomic E-state index is -0.508. The van der Waals surface area contributed by atoms with Gasteiger partial charge in [-0.05, 0) is 25.7 Å². The van der Waals surface area contributed by atoms with E-state index >= 15 is 0 Å². The molecule has 0 radical (unpaired) electrons. The van der Waals surface area contributed by atoms with Crippen LogP contribution in [0.15, 0.2) is 12.2 Å². The lowest BCUT2D eigenvalue weighted by atomic mass is 10.0. The maximum absolute atomic E-state index is 11.5. The lowest BCUT2D eigenvalue weighted by Gasteiger charge is -2.18. The van der Waals surface area contributed by atoms with E-state index in [0.29, 0.717) is 11.8 Å². The van der Waals surface area contributed by atoms with E-state index in [2.05, 4.69) is 0 Å². The van der Waals surface area contributed by atoms with Gasteiger partial charge >= 0.3 is 11.9 Å². The fraction of sp³-hybridized carbons (Fsp3) is 0.750. The normalized spacial score (nSPS) is 17.3. The summed E-state index contributed by atoms with van der Waals surface area (Å²) in [4.78, 5) is 23.1. The van der Waals surface area contributed by atoms with Crippen molar-refractivity contribution in [3.8, 4) is 0 Å². The molecule has 0 aromatic carbocycles. The fourth-order valence-corrected chi connectivity index (χ4v) is 1.48. The van der Waals surface area contributed by atoms with Gasteiger partial charge in [0, 0.05) is 12.2 Å². The second kappa shape index (κ2) is 9.56. The smallest absolute Gasteiger partial charge is 0.331 e. The van der Waals surface area contributed by atoms with Crippen LogP contribution < -0.4 is 0 Å². The van der Waals surface area contributed by atoms with Gasteiger partial charge in [-0.25, -0.2) is 9.59 Å². The minimum absolute atomic E-state index is 0.160. The molecule has 0 aliphatic heterocycles. The molecule has 0 bridgehead atoms. The van der Waals surface area contributed by atoms with Crippen LogP contribution in [-0.2, 0) is 19.1 Å². The van der Waals surface area contributed by atoms with Gasteiger partial charge in [0.1, 0.15) is 12.2 Å². The first-order chi connectivity index (χ1) is 9.31. The molecule has 0 saturated carbocycles. The molecule has 0 rings (SSSR count). The Morgan fingerprint density at radius 3 is 1.35 bits per heavy atom. The number of ether oxygens (including phenoxy) is 2. The molecule has 4 nitrogen and oxygen atoms in total. The largest absolute Gasteiger partial charge is 0.459 e. The quantitative estimate of drug-likeness (QED) is 0.505. The molecule has 4 heteroatoms. The zero-order valence-electron chi connectivity index (χ0n) is 13.5. The molecule has 0 aromatic rings. The molecule has 0 aromatic heterocycles. The standard InChI is InChI=1S/C16H28O4/c1-7-11(3)13(5)19-15(17)9-10-16(18)20-14(6)12(4)8-2/h9-14H,7-8H2,1-6H3/b10-9+. The Morgan fingerprint density at radius 2 is 1.10 bits per heavy atom. The van der Waals surface area contributed by atoms with Crippen LogP contribution in [0.3, 0.4) is 0 Å². The molecule has 0 amide bonds. The van der Waals surface area contributed by atoms with E-state index in [0.717, 1.165) is 25.0 Å². The van der Waals surface area contributed by atoms with E-state index in [9.17, 15) is 9.59 Å². The third-order valence-electron chi connectivity index (χ3n) is 3.85. The Kier molecular flexibility index (Phi) is 8.93. The highest BCUT2D eigenvalue weighted by Crippen LogP contribution is 2.12. The van der Waals surface area contributed by atoms with E-state index in [1.54, 1.807) is 0 Å². The summed E-state index contributed by atoms with van der Waals surface area (Å²) in [5.41, 5.74) is 0. The van der Waals surface area contributed by atoms with Crippen molar-refractivity contribution in [2.45, 2.75) is 66.6 Å². The first-order valence-corrected chi connectivity index (χ1v) is 7.41. The van der Waals surface area contributed by atoms with Crippen molar-refractivity contribution < 1.29 is 19.1 Å². The van der Waals surface area contributed by atoms with Gasteiger partial charge in [-0.1, -0.05) is 40.5 Å². The molecule has 20 heavy (non-hydrogen) atoms. The SMILES string of the molecule is CCC(C)C(C)OC(=O)/C=C/C(=O)OC(C)C(C)CC. The van der Waals surface area contributed by atoms with Crippen molar-refractivity contribution in [1.29, 1.82) is 0 Å². The van der Waals surface area contributed by atoms with Crippen molar-refractivity contribution in [3.05, 3.63) is 12.2 Å². The summed E-state index contributed by atoms with van der Waals surface area (Å²) < 4.78 is 10.4. The second-order valence-corrected chi connectivity index (χ2v) is 5.39. The Balaban J connectivity index is 4.22. The van der Waals surface area contributed by atoms with Crippen LogP contribution in [0.25, 0.3) is 0 Å². The Bertz CT molecular complexity index is 303. The molecule has 0 aliphatic carbocycles. The van der Waals surface area contributed by atoms with Crippen LogP contribution in [0.4, 0.5) is 0 Å². The van der Waals surface area contributed by atoms with Gasteiger partial charge in [0.25, 0.3) is 0 Å². The lowest BCUT2D eigenvalue weighted by Crippen LogP contribution is -2.22. The number of carbonyl (C=O) groups excluding carboxylic acids is 2.